The molecule has 0 saturated carbocycles. The van der Waals surface area contributed by atoms with Crippen molar-refractivity contribution in [3.05, 3.63) is 36.8 Å². The molecule has 112 valence electrons. The van der Waals surface area contributed by atoms with E-state index in [9.17, 15) is 0 Å². The summed E-state index contributed by atoms with van der Waals surface area (Å²) in [6.45, 7) is 4.60. The maximum atomic E-state index is 4.48. The largest absolute Gasteiger partial charge is 0.326 e. The average Bonchev–Trinajstić information content (AvgIpc) is 2.57. The van der Waals surface area contributed by atoms with Gasteiger partial charge in [-0.2, -0.15) is 0 Å². The summed E-state index contributed by atoms with van der Waals surface area (Å²) in [7, 11) is 2.08. The maximum absolute atomic E-state index is 4.48. The van der Waals surface area contributed by atoms with Gasteiger partial charge in [0.15, 0.2) is 0 Å². The minimum Gasteiger partial charge on any atom is -0.326 e. The summed E-state index contributed by atoms with van der Waals surface area (Å²) in [6, 6.07) is 6.10. The summed E-state index contributed by atoms with van der Waals surface area (Å²) in [5.41, 5.74) is 2.27. The molecule has 0 fully saturated rings. The third kappa shape index (κ3) is 3.08. The molecule has 0 aromatic carbocycles. The molecule has 0 unspecified atom stereocenters. The van der Waals surface area contributed by atoms with Crippen LogP contribution in [0.4, 0.5) is 11.4 Å². The Morgan fingerprint density at radius 1 is 1.23 bits per heavy atom. The van der Waals surface area contributed by atoms with E-state index >= 15 is 0 Å². The fourth-order valence-corrected chi connectivity index (χ4v) is 3.18. The van der Waals surface area contributed by atoms with Crippen molar-refractivity contribution in [1.82, 2.24) is 14.9 Å². The molecule has 2 aromatic heterocycles. The lowest BCUT2D eigenvalue weighted by Crippen LogP contribution is -2.22. The summed E-state index contributed by atoms with van der Waals surface area (Å²) in [4.78, 5) is 14.2. The monoisotopic (exact) mass is 310 g/mol. The lowest BCUT2D eigenvalue weighted by atomic mass is 10.3. The van der Waals surface area contributed by atoms with Crippen LogP contribution in [0.1, 0.15) is 6.92 Å². The highest BCUT2D eigenvalue weighted by Gasteiger charge is 2.23. The van der Waals surface area contributed by atoms with Gasteiger partial charge in [-0.15, -0.1) is 0 Å². The van der Waals surface area contributed by atoms with E-state index in [0.29, 0.717) is 6.54 Å². The molecule has 3 heterocycles. The first kappa shape index (κ1) is 14.9. The van der Waals surface area contributed by atoms with Gasteiger partial charge in [0.25, 0.3) is 0 Å². The fourth-order valence-electron chi connectivity index (χ4n) is 2.18. The molecule has 3 rings (SSSR count). The molecule has 4 nitrogen and oxygen atoms in total. The van der Waals surface area contributed by atoms with E-state index in [-0.39, 0.29) is 0 Å². The second kappa shape index (κ2) is 6.82. The molecule has 0 radical (unpaired) electrons. The van der Waals surface area contributed by atoms with Gasteiger partial charge in [-0.3, -0.25) is 9.88 Å². The third-order valence-corrected chi connectivity index (χ3v) is 4.60. The quantitative estimate of drug-likeness (QED) is 0.814. The summed E-state index contributed by atoms with van der Waals surface area (Å²) < 4.78 is 0. The van der Waals surface area contributed by atoms with Crippen LogP contribution in [0.25, 0.3) is 0 Å². The molecule has 0 spiro atoms. The van der Waals surface area contributed by atoms with Crippen LogP contribution in [0.15, 0.2) is 46.7 Å². The Morgan fingerprint density at radius 2 is 2.14 bits per heavy atom. The number of nitrogens with zero attached hydrogens (tertiary/aromatic N) is 4. The first-order chi connectivity index (χ1) is 10.8. The van der Waals surface area contributed by atoms with Crippen molar-refractivity contribution < 1.29 is 0 Å². The van der Waals surface area contributed by atoms with Gasteiger partial charge in [0.1, 0.15) is 5.03 Å². The molecule has 5 heteroatoms. The predicted molar refractivity (Wildman–Crippen MR) is 90.6 cm³/mol. The molecule has 0 amide bonds. The zero-order chi connectivity index (χ0) is 15.4. The van der Waals surface area contributed by atoms with Crippen molar-refractivity contribution in [2.75, 3.05) is 31.6 Å². The molecule has 0 bridgehead atoms. The van der Waals surface area contributed by atoms with E-state index in [2.05, 4.69) is 51.6 Å². The molecule has 1 aliphatic rings. The smallest absolute Gasteiger partial charge is 0.125 e. The van der Waals surface area contributed by atoms with Gasteiger partial charge < -0.3 is 4.90 Å². The highest BCUT2D eigenvalue weighted by atomic mass is 32.2. The molecular formula is C17H18N4S. The summed E-state index contributed by atoms with van der Waals surface area (Å²) >= 11 is 1.66. The fraction of sp³-hybridized carbons (Fsp3) is 0.294. The number of anilines is 2. The Bertz CT molecular complexity index is 674. The molecule has 0 atom stereocenters. The van der Waals surface area contributed by atoms with Gasteiger partial charge in [0.2, 0.25) is 0 Å². The van der Waals surface area contributed by atoms with Crippen LogP contribution in [0.5, 0.6) is 0 Å². The summed E-state index contributed by atoms with van der Waals surface area (Å²) in [6.07, 6.45) is 5.54. The van der Waals surface area contributed by atoms with Crippen LogP contribution < -0.4 is 4.90 Å². The molecule has 1 aliphatic heterocycles. The van der Waals surface area contributed by atoms with Gasteiger partial charge in [0.05, 0.1) is 29.4 Å². The molecule has 0 aliphatic carbocycles. The molecule has 2 aromatic rings. The average molecular weight is 310 g/mol. The molecule has 0 saturated heterocycles. The Balaban J connectivity index is 1.87. The summed E-state index contributed by atoms with van der Waals surface area (Å²) in [5.74, 6) is 6.52. The first-order valence-corrected chi connectivity index (χ1v) is 8.10. The predicted octanol–water partition coefficient (Wildman–Crippen LogP) is 3.03. The Morgan fingerprint density at radius 3 is 3.00 bits per heavy atom. The van der Waals surface area contributed by atoms with Crippen LogP contribution in [0, 0.1) is 11.8 Å². The Labute approximate surface area is 135 Å². The van der Waals surface area contributed by atoms with Crippen LogP contribution in [0.2, 0.25) is 0 Å². The zero-order valence-electron chi connectivity index (χ0n) is 12.8. The van der Waals surface area contributed by atoms with Crippen LogP contribution in [0.3, 0.4) is 0 Å². The highest BCUT2D eigenvalue weighted by Crippen LogP contribution is 2.46. The Kier molecular flexibility index (Phi) is 4.62. The van der Waals surface area contributed by atoms with Crippen molar-refractivity contribution in [3.8, 4) is 11.8 Å². The highest BCUT2D eigenvalue weighted by molar-refractivity contribution is 7.99. The standard InChI is InChI=1S/C17H18N4S/c1-3-20(2)11-4-5-12-21-14-8-10-18-13-16(14)22-17-15(21)7-6-9-19-17/h6-10,13H,3,11-12H2,1-2H3. The second-order valence-electron chi connectivity index (χ2n) is 5.04. The van der Waals surface area contributed by atoms with Crippen LogP contribution in [-0.4, -0.2) is 41.5 Å². The van der Waals surface area contributed by atoms with E-state index < -0.39 is 0 Å². The number of hydrogen-bond donors (Lipinski definition) is 0. The summed E-state index contributed by atoms with van der Waals surface area (Å²) in [5, 5.41) is 1.01. The molecule has 0 N–H and O–H groups in total. The van der Waals surface area contributed by atoms with Gasteiger partial charge in [-0.25, -0.2) is 4.98 Å². The first-order valence-electron chi connectivity index (χ1n) is 7.28. The lowest BCUT2D eigenvalue weighted by Gasteiger charge is -2.30. The SMILES string of the molecule is CCN(C)CC#CCN1c2ccncc2Sc2ncccc21. The van der Waals surface area contributed by atoms with E-state index in [0.717, 1.165) is 34.4 Å². The minimum absolute atomic E-state index is 0.661. The van der Waals surface area contributed by atoms with Crippen molar-refractivity contribution in [1.29, 1.82) is 0 Å². The van der Waals surface area contributed by atoms with E-state index in [1.54, 1.807) is 11.8 Å². The second-order valence-corrected chi connectivity index (χ2v) is 6.07. The number of aromatic nitrogens is 2. The van der Waals surface area contributed by atoms with Gasteiger partial charge >= 0.3 is 0 Å². The lowest BCUT2D eigenvalue weighted by molar-refractivity contribution is 0.398. The zero-order valence-corrected chi connectivity index (χ0v) is 13.6. The van der Waals surface area contributed by atoms with E-state index in [1.807, 2.05) is 30.7 Å². The molecular weight excluding hydrogens is 292 g/mol. The third-order valence-electron chi connectivity index (χ3n) is 3.55. The van der Waals surface area contributed by atoms with E-state index in [1.165, 1.54) is 0 Å². The number of rotatable bonds is 3. The van der Waals surface area contributed by atoms with Gasteiger partial charge in [-0.05, 0) is 31.8 Å². The minimum atomic E-state index is 0.661. The molecule has 22 heavy (non-hydrogen) atoms. The van der Waals surface area contributed by atoms with Crippen molar-refractivity contribution >= 4 is 23.1 Å². The van der Waals surface area contributed by atoms with Gasteiger partial charge in [-0.1, -0.05) is 30.5 Å². The van der Waals surface area contributed by atoms with Crippen molar-refractivity contribution in [2.45, 2.75) is 16.8 Å². The van der Waals surface area contributed by atoms with Crippen molar-refractivity contribution in [3.63, 3.8) is 0 Å². The van der Waals surface area contributed by atoms with Crippen molar-refractivity contribution in [2.24, 2.45) is 0 Å². The van der Waals surface area contributed by atoms with Gasteiger partial charge in [0, 0.05) is 18.6 Å². The normalized spacial score (nSPS) is 12.4. The van der Waals surface area contributed by atoms with Crippen LogP contribution >= 0.6 is 11.8 Å². The Hall–Kier alpha value is -2.03. The number of fused-ring (bicyclic) bond motifs is 2. The topological polar surface area (TPSA) is 32.3 Å². The number of pyridine rings is 2. The van der Waals surface area contributed by atoms with Crippen LogP contribution in [-0.2, 0) is 0 Å². The number of hydrogen-bond acceptors (Lipinski definition) is 5. The maximum Gasteiger partial charge on any atom is 0.125 e. The van der Waals surface area contributed by atoms with E-state index in [4.69, 9.17) is 0 Å².